The Hall–Kier alpha value is -1.61. The first-order valence-corrected chi connectivity index (χ1v) is 9.63. The summed E-state index contributed by atoms with van der Waals surface area (Å²) in [5, 5.41) is 0.841. The van der Waals surface area contributed by atoms with E-state index in [0.717, 1.165) is 34.3 Å². The lowest BCUT2D eigenvalue weighted by Crippen LogP contribution is -3.12. The van der Waals surface area contributed by atoms with E-state index in [1.807, 2.05) is 12.1 Å². The minimum atomic E-state index is 0.230. The average Bonchev–Trinajstić information content (AvgIpc) is 2.73. The smallest absolute Gasteiger partial charge is 0.198 e. The van der Waals surface area contributed by atoms with Crippen molar-refractivity contribution in [1.82, 2.24) is 4.98 Å². The Bertz CT molecular complexity index is 895. The molecular weight excluding hydrogens is 308 g/mol. The first kappa shape index (κ1) is 16.8. The van der Waals surface area contributed by atoms with E-state index < -0.39 is 0 Å². The molecule has 3 atom stereocenters. The van der Waals surface area contributed by atoms with Gasteiger partial charge in [-0.05, 0) is 37.8 Å². The normalized spacial score (nSPS) is 30.8. The number of benzene rings is 1. The minimum absolute atomic E-state index is 0.230. The van der Waals surface area contributed by atoms with Gasteiger partial charge in [0.05, 0.1) is 18.2 Å². The number of likely N-dealkylation sites (tertiary alicyclic amines) is 1. The van der Waals surface area contributed by atoms with Crippen LogP contribution in [0.3, 0.4) is 0 Å². The van der Waals surface area contributed by atoms with Crippen LogP contribution in [0.5, 0.6) is 0 Å². The summed E-state index contributed by atoms with van der Waals surface area (Å²) in [6, 6.07) is 6.82. The fourth-order valence-corrected chi connectivity index (χ4v) is 5.96. The van der Waals surface area contributed by atoms with Crippen molar-refractivity contribution < 1.29 is 4.90 Å². The fraction of sp³-hybridized carbons (Fsp3) is 0.591. The zero-order valence-electron chi connectivity index (χ0n) is 16.3. The number of pyridine rings is 1. The molecule has 4 rings (SSSR count). The largest absolute Gasteiger partial charge is 0.358 e. The fourth-order valence-electron chi connectivity index (χ4n) is 5.96. The average molecular weight is 340 g/mol. The van der Waals surface area contributed by atoms with Gasteiger partial charge in [0.15, 0.2) is 5.43 Å². The molecule has 2 aromatic rings. The van der Waals surface area contributed by atoms with Crippen molar-refractivity contribution in [2.75, 3.05) is 6.54 Å². The third-order valence-corrected chi connectivity index (χ3v) is 6.55. The van der Waals surface area contributed by atoms with Crippen LogP contribution < -0.4 is 10.3 Å². The Morgan fingerprint density at radius 3 is 2.72 bits per heavy atom. The molecule has 1 aromatic carbocycles. The van der Waals surface area contributed by atoms with Crippen molar-refractivity contribution in [3.05, 3.63) is 45.2 Å². The highest BCUT2D eigenvalue weighted by Crippen LogP contribution is 2.47. The number of nitrogens with one attached hydrogen (secondary N) is 2. The van der Waals surface area contributed by atoms with E-state index in [2.05, 4.69) is 45.7 Å². The first-order valence-electron chi connectivity index (χ1n) is 9.63. The number of H-pyrrole nitrogens is 1. The van der Waals surface area contributed by atoms with Gasteiger partial charge in [-0.25, -0.2) is 0 Å². The van der Waals surface area contributed by atoms with Crippen LogP contribution in [0.15, 0.2) is 23.0 Å². The van der Waals surface area contributed by atoms with E-state index in [-0.39, 0.29) is 5.43 Å². The van der Waals surface area contributed by atoms with Crippen LogP contribution in [0.4, 0.5) is 0 Å². The number of hydrogen-bond acceptors (Lipinski definition) is 1. The van der Waals surface area contributed by atoms with Gasteiger partial charge in [-0.2, -0.15) is 0 Å². The van der Waals surface area contributed by atoms with Gasteiger partial charge in [0.1, 0.15) is 6.54 Å². The molecule has 0 spiro atoms. The molecule has 3 nitrogen and oxygen atoms in total. The SMILES string of the molecule is Cc1ccc2[nH]c(C)c(C[NH+]3CC4(C)CC3CC(C)(C)C4)c(=O)c2c1. The Labute approximate surface area is 150 Å². The van der Waals surface area contributed by atoms with Gasteiger partial charge in [0.2, 0.25) is 0 Å². The molecule has 2 aliphatic rings. The van der Waals surface area contributed by atoms with Gasteiger partial charge in [-0.1, -0.05) is 32.4 Å². The molecule has 3 heteroatoms. The van der Waals surface area contributed by atoms with Gasteiger partial charge >= 0.3 is 0 Å². The van der Waals surface area contributed by atoms with Gasteiger partial charge in [0.25, 0.3) is 0 Å². The highest BCUT2D eigenvalue weighted by atomic mass is 16.1. The van der Waals surface area contributed by atoms with Crippen LogP contribution in [0.25, 0.3) is 10.9 Å². The van der Waals surface area contributed by atoms with Crippen LogP contribution in [0, 0.1) is 24.7 Å². The van der Waals surface area contributed by atoms with Crippen LogP contribution in [0.2, 0.25) is 0 Å². The van der Waals surface area contributed by atoms with E-state index in [1.165, 1.54) is 25.8 Å². The van der Waals surface area contributed by atoms with Crippen molar-refractivity contribution in [2.24, 2.45) is 10.8 Å². The minimum Gasteiger partial charge on any atom is -0.358 e. The zero-order chi connectivity index (χ0) is 18.0. The summed E-state index contributed by atoms with van der Waals surface area (Å²) in [7, 11) is 0. The molecule has 1 saturated heterocycles. The van der Waals surface area contributed by atoms with Crippen LogP contribution >= 0.6 is 0 Å². The van der Waals surface area contributed by atoms with Gasteiger partial charge in [-0.15, -0.1) is 0 Å². The van der Waals surface area contributed by atoms with Gasteiger partial charge in [-0.3, -0.25) is 4.79 Å². The number of aromatic nitrogens is 1. The summed E-state index contributed by atoms with van der Waals surface area (Å²) in [6.07, 6.45) is 3.91. The number of rotatable bonds is 2. The summed E-state index contributed by atoms with van der Waals surface area (Å²) in [5.41, 5.74) is 5.23. The van der Waals surface area contributed by atoms with Crippen molar-refractivity contribution in [1.29, 1.82) is 0 Å². The van der Waals surface area contributed by atoms with Crippen molar-refractivity contribution in [3.8, 4) is 0 Å². The molecule has 25 heavy (non-hydrogen) atoms. The molecule has 3 unspecified atom stereocenters. The monoisotopic (exact) mass is 339 g/mol. The van der Waals surface area contributed by atoms with Crippen molar-refractivity contribution >= 4 is 10.9 Å². The molecule has 1 aliphatic heterocycles. The predicted molar refractivity (Wildman–Crippen MR) is 103 cm³/mol. The summed E-state index contributed by atoms with van der Waals surface area (Å²) in [4.78, 5) is 18.2. The second-order valence-electron chi connectivity index (χ2n) is 9.88. The Morgan fingerprint density at radius 1 is 1.20 bits per heavy atom. The summed E-state index contributed by atoms with van der Waals surface area (Å²) >= 11 is 0. The molecule has 0 amide bonds. The Morgan fingerprint density at radius 2 is 1.96 bits per heavy atom. The Kier molecular flexibility index (Phi) is 3.66. The molecule has 0 radical (unpaired) electrons. The van der Waals surface area contributed by atoms with Crippen molar-refractivity contribution in [3.63, 3.8) is 0 Å². The Balaban J connectivity index is 1.71. The topological polar surface area (TPSA) is 37.3 Å². The number of aryl methyl sites for hydroxylation is 2. The molecule has 2 N–H and O–H groups in total. The molecule has 1 aromatic heterocycles. The standard InChI is InChI=1S/C22H30N2O/c1-14-6-7-19-17(8-14)20(25)18(15(2)23-19)11-24-13-22(5)10-16(24)9-21(3,4)12-22/h6-8,16H,9-13H2,1-5H3,(H,23,25)/p+1. The predicted octanol–water partition coefficient (Wildman–Crippen LogP) is 3.13. The second kappa shape index (κ2) is 5.44. The molecule has 134 valence electrons. The summed E-state index contributed by atoms with van der Waals surface area (Å²) < 4.78 is 0. The molecule has 1 aliphatic carbocycles. The lowest BCUT2D eigenvalue weighted by Gasteiger charge is -2.37. The lowest BCUT2D eigenvalue weighted by atomic mass is 9.65. The number of fused-ring (bicyclic) bond motifs is 3. The van der Waals surface area contributed by atoms with Crippen molar-refractivity contribution in [2.45, 2.75) is 66.5 Å². The van der Waals surface area contributed by atoms with E-state index in [9.17, 15) is 4.79 Å². The number of quaternary nitrogens is 1. The molecule has 2 bridgehead atoms. The molecular formula is C22H31N2O+. The van der Waals surface area contributed by atoms with E-state index >= 15 is 0 Å². The zero-order valence-corrected chi connectivity index (χ0v) is 16.3. The summed E-state index contributed by atoms with van der Waals surface area (Å²) in [6.45, 7) is 13.5. The van der Waals surface area contributed by atoms with Gasteiger partial charge in [0, 0.05) is 34.9 Å². The molecule has 1 saturated carbocycles. The van der Waals surface area contributed by atoms with E-state index in [0.29, 0.717) is 16.9 Å². The van der Waals surface area contributed by atoms with Crippen LogP contribution in [-0.4, -0.2) is 17.6 Å². The summed E-state index contributed by atoms with van der Waals surface area (Å²) in [5.74, 6) is 0. The lowest BCUT2D eigenvalue weighted by molar-refractivity contribution is -0.928. The van der Waals surface area contributed by atoms with Crippen LogP contribution in [0.1, 0.15) is 56.9 Å². The third-order valence-electron chi connectivity index (χ3n) is 6.55. The maximum absolute atomic E-state index is 13.2. The number of hydrogen-bond donors (Lipinski definition) is 2. The molecule has 2 heterocycles. The first-order chi connectivity index (χ1) is 11.7. The maximum atomic E-state index is 13.2. The second-order valence-corrected chi connectivity index (χ2v) is 9.88. The quantitative estimate of drug-likeness (QED) is 0.867. The van der Waals surface area contributed by atoms with Gasteiger partial charge < -0.3 is 9.88 Å². The third kappa shape index (κ3) is 2.93. The van der Waals surface area contributed by atoms with E-state index in [4.69, 9.17) is 0 Å². The number of aromatic amines is 1. The highest BCUT2D eigenvalue weighted by molar-refractivity contribution is 5.80. The highest BCUT2D eigenvalue weighted by Gasteiger charge is 2.52. The van der Waals surface area contributed by atoms with E-state index in [1.54, 1.807) is 4.90 Å². The maximum Gasteiger partial charge on any atom is 0.198 e. The van der Waals surface area contributed by atoms with Crippen LogP contribution in [-0.2, 0) is 6.54 Å². The molecule has 2 fully saturated rings.